The zero-order chi connectivity index (χ0) is 15.4. The number of likely N-dealkylation sites (tertiary alicyclic amines) is 1. The molecule has 8 heteroatoms. The molecule has 2 rings (SSSR count). The highest BCUT2D eigenvalue weighted by molar-refractivity contribution is 6.33. The van der Waals surface area contributed by atoms with E-state index in [4.69, 9.17) is 4.52 Å². The maximum absolute atomic E-state index is 12.2. The summed E-state index contributed by atoms with van der Waals surface area (Å²) in [6, 6.07) is 0.878. The minimum atomic E-state index is -0.936. The van der Waals surface area contributed by atoms with E-state index in [1.54, 1.807) is 19.9 Å². The Bertz CT molecular complexity index is 554. The summed E-state index contributed by atoms with van der Waals surface area (Å²) in [4.78, 5) is 36.8. The van der Waals surface area contributed by atoms with Crippen molar-refractivity contribution < 1.29 is 23.6 Å². The Hall–Kier alpha value is -2.38. The van der Waals surface area contributed by atoms with E-state index in [0.717, 1.165) is 0 Å². The predicted octanol–water partition coefficient (Wildman–Crippen LogP) is 0.476. The van der Waals surface area contributed by atoms with E-state index in [-0.39, 0.29) is 12.4 Å². The van der Waals surface area contributed by atoms with Crippen molar-refractivity contribution in [3.8, 4) is 0 Å². The van der Waals surface area contributed by atoms with Crippen LogP contribution in [0.5, 0.6) is 0 Å². The van der Waals surface area contributed by atoms with Gasteiger partial charge in [-0.05, 0) is 26.7 Å². The normalized spacial score (nSPS) is 17.6. The summed E-state index contributed by atoms with van der Waals surface area (Å²) >= 11 is 0. The number of hydrogen-bond donors (Lipinski definition) is 1. The van der Waals surface area contributed by atoms with Crippen molar-refractivity contribution in [2.75, 3.05) is 18.5 Å². The third kappa shape index (κ3) is 3.39. The van der Waals surface area contributed by atoms with Gasteiger partial charge >= 0.3 is 11.9 Å². The molecule has 0 saturated carbocycles. The Morgan fingerprint density at radius 2 is 2.29 bits per heavy atom. The highest BCUT2D eigenvalue weighted by Gasteiger charge is 2.37. The average molecular weight is 295 g/mol. The molecular weight excluding hydrogens is 278 g/mol. The first-order valence-electron chi connectivity index (χ1n) is 6.74. The van der Waals surface area contributed by atoms with Gasteiger partial charge in [0.2, 0.25) is 5.91 Å². The molecule has 0 spiro atoms. The summed E-state index contributed by atoms with van der Waals surface area (Å²) in [7, 11) is 0. The fourth-order valence-corrected chi connectivity index (χ4v) is 2.23. The van der Waals surface area contributed by atoms with E-state index in [2.05, 4.69) is 15.2 Å². The number of ether oxygens (including phenoxy) is 1. The van der Waals surface area contributed by atoms with Crippen molar-refractivity contribution in [3.63, 3.8) is 0 Å². The van der Waals surface area contributed by atoms with E-state index in [0.29, 0.717) is 25.1 Å². The summed E-state index contributed by atoms with van der Waals surface area (Å²) in [5, 5.41) is 6.23. The summed E-state index contributed by atoms with van der Waals surface area (Å²) < 4.78 is 9.53. The lowest BCUT2D eigenvalue weighted by molar-refractivity contribution is -0.160. The molecule has 21 heavy (non-hydrogen) atoms. The molecule has 1 aliphatic rings. The standard InChI is InChI=1S/C13H17N3O5/c1-3-20-13(19)12(18)16-6-4-5-9(16)11(17)14-10-7-8(2)21-15-10/h7,9H,3-6H2,1-2H3,(H,14,15,17)/t9-/m0/s1. The summed E-state index contributed by atoms with van der Waals surface area (Å²) in [6.45, 7) is 3.79. The molecule has 1 N–H and O–H groups in total. The average Bonchev–Trinajstić information content (AvgIpc) is 3.07. The van der Waals surface area contributed by atoms with Gasteiger partial charge in [0.1, 0.15) is 11.8 Å². The quantitative estimate of drug-likeness (QED) is 0.642. The van der Waals surface area contributed by atoms with Crippen LogP contribution in [0.1, 0.15) is 25.5 Å². The number of aromatic nitrogens is 1. The highest BCUT2D eigenvalue weighted by atomic mass is 16.5. The number of carbonyl (C=O) groups excluding carboxylic acids is 3. The van der Waals surface area contributed by atoms with Crippen LogP contribution in [0.4, 0.5) is 5.82 Å². The molecule has 0 aliphatic carbocycles. The topological polar surface area (TPSA) is 102 Å². The maximum atomic E-state index is 12.2. The summed E-state index contributed by atoms with van der Waals surface area (Å²) in [5.41, 5.74) is 0. The molecule has 114 valence electrons. The molecule has 2 heterocycles. The molecule has 1 atom stereocenters. The van der Waals surface area contributed by atoms with Gasteiger partial charge in [-0.2, -0.15) is 0 Å². The fraction of sp³-hybridized carbons (Fsp3) is 0.538. The second-order valence-corrected chi connectivity index (χ2v) is 4.69. The predicted molar refractivity (Wildman–Crippen MR) is 71.2 cm³/mol. The second kappa shape index (κ2) is 6.38. The molecule has 1 saturated heterocycles. The van der Waals surface area contributed by atoms with Gasteiger partial charge in [0.15, 0.2) is 5.82 Å². The number of aryl methyl sites for hydroxylation is 1. The van der Waals surface area contributed by atoms with Crippen molar-refractivity contribution in [2.24, 2.45) is 0 Å². The molecule has 1 aromatic heterocycles. The van der Waals surface area contributed by atoms with E-state index in [1.165, 1.54) is 4.90 Å². The number of nitrogens with zero attached hydrogens (tertiary/aromatic N) is 2. The van der Waals surface area contributed by atoms with Gasteiger partial charge < -0.3 is 19.5 Å². The lowest BCUT2D eigenvalue weighted by Gasteiger charge is -2.22. The van der Waals surface area contributed by atoms with Gasteiger partial charge in [-0.25, -0.2) is 4.79 Å². The number of anilines is 1. The molecule has 0 unspecified atom stereocenters. The number of rotatable bonds is 3. The van der Waals surface area contributed by atoms with Crippen LogP contribution in [-0.4, -0.2) is 47.0 Å². The van der Waals surface area contributed by atoms with Crippen molar-refractivity contribution in [3.05, 3.63) is 11.8 Å². The molecule has 1 aliphatic heterocycles. The van der Waals surface area contributed by atoms with Crippen molar-refractivity contribution >= 4 is 23.6 Å². The first-order valence-corrected chi connectivity index (χ1v) is 6.74. The van der Waals surface area contributed by atoms with Crippen LogP contribution in [0.25, 0.3) is 0 Å². The number of amides is 2. The minimum Gasteiger partial charge on any atom is -0.459 e. The van der Waals surface area contributed by atoms with Gasteiger partial charge in [-0.3, -0.25) is 9.59 Å². The highest BCUT2D eigenvalue weighted by Crippen LogP contribution is 2.19. The Kier molecular flexibility index (Phi) is 4.56. The van der Waals surface area contributed by atoms with Crippen LogP contribution in [0, 0.1) is 6.92 Å². The SMILES string of the molecule is CCOC(=O)C(=O)N1CCC[C@H]1C(=O)Nc1cc(C)on1. The summed E-state index contributed by atoms with van der Waals surface area (Å²) in [5.74, 6) is -1.26. The Balaban J connectivity index is 2.02. The molecule has 0 radical (unpaired) electrons. The molecule has 1 aromatic rings. The molecular formula is C13H17N3O5. The third-order valence-corrected chi connectivity index (χ3v) is 3.15. The van der Waals surface area contributed by atoms with Gasteiger partial charge in [0.25, 0.3) is 0 Å². The Morgan fingerprint density at radius 1 is 1.52 bits per heavy atom. The fourth-order valence-electron chi connectivity index (χ4n) is 2.23. The van der Waals surface area contributed by atoms with Gasteiger partial charge in [0, 0.05) is 12.6 Å². The van der Waals surface area contributed by atoms with E-state index in [9.17, 15) is 14.4 Å². The summed E-state index contributed by atoms with van der Waals surface area (Å²) in [6.07, 6.45) is 1.15. The lowest BCUT2D eigenvalue weighted by atomic mass is 10.2. The van der Waals surface area contributed by atoms with Crippen molar-refractivity contribution in [1.82, 2.24) is 10.1 Å². The van der Waals surface area contributed by atoms with E-state index < -0.39 is 23.8 Å². The number of carbonyl (C=O) groups is 3. The lowest BCUT2D eigenvalue weighted by Crippen LogP contribution is -2.46. The Morgan fingerprint density at radius 3 is 2.90 bits per heavy atom. The first-order chi connectivity index (χ1) is 10.0. The molecule has 2 amide bonds. The zero-order valence-electron chi connectivity index (χ0n) is 11.9. The molecule has 0 bridgehead atoms. The van der Waals surface area contributed by atoms with Gasteiger partial charge in [-0.15, -0.1) is 0 Å². The second-order valence-electron chi connectivity index (χ2n) is 4.69. The van der Waals surface area contributed by atoms with Crippen LogP contribution in [0.15, 0.2) is 10.6 Å². The van der Waals surface area contributed by atoms with Crippen LogP contribution < -0.4 is 5.32 Å². The first kappa shape index (κ1) is 15.0. The number of hydrogen-bond acceptors (Lipinski definition) is 6. The van der Waals surface area contributed by atoms with Crippen molar-refractivity contribution in [2.45, 2.75) is 32.7 Å². The molecule has 0 aromatic carbocycles. The van der Waals surface area contributed by atoms with Crippen LogP contribution >= 0.6 is 0 Å². The monoisotopic (exact) mass is 295 g/mol. The largest absolute Gasteiger partial charge is 0.459 e. The van der Waals surface area contributed by atoms with Crippen LogP contribution in [-0.2, 0) is 19.1 Å². The van der Waals surface area contributed by atoms with Gasteiger partial charge in [-0.1, -0.05) is 5.16 Å². The Labute approximate surface area is 121 Å². The number of esters is 1. The van der Waals surface area contributed by atoms with Crippen LogP contribution in [0.3, 0.4) is 0 Å². The zero-order valence-corrected chi connectivity index (χ0v) is 11.9. The molecule has 8 nitrogen and oxygen atoms in total. The number of nitrogens with one attached hydrogen (secondary N) is 1. The van der Waals surface area contributed by atoms with E-state index in [1.807, 2.05) is 0 Å². The minimum absolute atomic E-state index is 0.119. The third-order valence-electron chi connectivity index (χ3n) is 3.15. The maximum Gasteiger partial charge on any atom is 0.397 e. The van der Waals surface area contributed by atoms with E-state index >= 15 is 0 Å². The van der Waals surface area contributed by atoms with Crippen LogP contribution in [0.2, 0.25) is 0 Å². The smallest absolute Gasteiger partial charge is 0.397 e. The van der Waals surface area contributed by atoms with Gasteiger partial charge in [0.05, 0.1) is 6.61 Å². The van der Waals surface area contributed by atoms with Crippen molar-refractivity contribution in [1.29, 1.82) is 0 Å². The molecule has 1 fully saturated rings.